The fraction of sp³-hybridized carbons (Fsp3) is 0.579. The van der Waals surface area contributed by atoms with Crippen molar-refractivity contribution in [3.63, 3.8) is 0 Å². The lowest BCUT2D eigenvalue weighted by Gasteiger charge is -2.46. The number of anilines is 1. The normalized spacial score (nSPS) is 19.6. The first-order valence-electron chi connectivity index (χ1n) is 8.46. The molecule has 0 unspecified atom stereocenters. The minimum atomic E-state index is -0.610. The highest BCUT2D eigenvalue weighted by Crippen LogP contribution is 2.28. The summed E-state index contributed by atoms with van der Waals surface area (Å²) in [7, 11) is 0. The summed E-state index contributed by atoms with van der Waals surface area (Å²) in [5.41, 5.74) is 2.44. The number of amides is 2. The van der Waals surface area contributed by atoms with Gasteiger partial charge in [-0.15, -0.1) is 0 Å². The first-order valence-corrected chi connectivity index (χ1v) is 8.46. The number of para-hydroxylation sites is 1. The van der Waals surface area contributed by atoms with Crippen LogP contribution in [0.25, 0.3) is 0 Å². The molecular weight excluding hydrogens is 302 g/mol. The van der Waals surface area contributed by atoms with E-state index in [0.717, 1.165) is 24.0 Å². The Balaban J connectivity index is 2.03. The maximum atomic E-state index is 12.3. The van der Waals surface area contributed by atoms with Gasteiger partial charge in [-0.2, -0.15) is 0 Å². The van der Waals surface area contributed by atoms with Gasteiger partial charge in [0, 0.05) is 22.8 Å². The van der Waals surface area contributed by atoms with Gasteiger partial charge in [-0.3, -0.25) is 9.59 Å². The van der Waals surface area contributed by atoms with Gasteiger partial charge in [0.25, 0.3) is 0 Å². The zero-order chi connectivity index (χ0) is 18.1. The smallest absolute Gasteiger partial charge is 0.313 e. The van der Waals surface area contributed by atoms with Gasteiger partial charge in [0.05, 0.1) is 0 Å². The third-order valence-corrected chi connectivity index (χ3v) is 4.45. The van der Waals surface area contributed by atoms with E-state index >= 15 is 0 Å². The Morgan fingerprint density at radius 2 is 1.50 bits per heavy atom. The molecule has 0 atom stereocenters. The SMILES string of the molecule is Cc1cccc(C)c1NC(=O)C(=O)NC1CC(C)(C)NC(C)(C)C1. The third-order valence-electron chi connectivity index (χ3n) is 4.45. The van der Waals surface area contributed by atoms with E-state index in [1.807, 2.05) is 32.0 Å². The Labute approximate surface area is 144 Å². The summed E-state index contributed by atoms with van der Waals surface area (Å²) in [6.07, 6.45) is 1.58. The molecule has 132 valence electrons. The Hall–Kier alpha value is -1.88. The monoisotopic (exact) mass is 331 g/mol. The van der Waals surface area contributed by atoms with Crippen LogP contribution in [0.4, 0.5) is 5.69 Å². The predicted octanol–water partition coefficient (Wildman–Crippen LogP) is 2.67. The van der Waals surface area contributed by atoms with Gasteiger partial charge in [0.15, 0.2) is 0 Å². The van der Waals surface area contributed by atoms with Crippen molar-refractivity contribution in [2.75, 3.05) is 5.32 Å². The average molecular weight is 331 g/mol. The van der Waals surface area contributed by atoms with Crippen molar-refractivity contribution in [2.24, 2.45) is 0 Å². The van der Waals surface area contributed by atoms with Crippen LogP contribution < -0.4 is 16.0 Å². The van der Waals surface area contributed by atoms with Crippen LogP contribution in [0.1, 0.15) is 51.7 Å². The van der Waals surface area contributed by atoms with Gasteiger partial charge in [-0.25, -0.2) is 0 Å². The molecule has 1 aliphatic rings. The molecule has 1 aliphatic heterocycles. The lowest BCUT2D eigenvalue weighted by Crippen LogP contribution is -2.62. The molecule has 0 spiro atoms. The standard InChI is InChI=1S/C19H29N3O2/c1-12-8-7-9-13(2)15(12)21-17(24)16(23)20-14-10-18(3,4)22-19(5,6)11-14/h7-9,14,22H,10-11H2,1-6H3,(H,20,23)(H,21,24). The first kappa shape index (κ1) is 18.5. The molecule has 0 aromatic heterocycles. The molecule has 0 bridgehead atoms. The molecule has 2 rings (SSSR count). The van der Waals surface area contributed by atoms with Gasteiger partial charge in [-0.05, 0) is 65.5 Å². The number of rotatable bonds is 2. The van der Waals surface area contributed by atoms with Crippen molar-refractivity contribution in [1.29, 1.82) is 0 Å². The fourth-order valence-corrected chi connectivity index (χ4v) is 3.86. The summed E-state index contributed by atoms with van der Waals surface area (Å²) >= 11 is 0. The van der Waals surface area contributed by atoms with Crippen LogP contribution in [0.2, 0.25) is 0 Å². The molecule has 24 heavy (non-hydrogen) atoms. The predicted molar refractivity (Wildman–Crippen MR) is 97.0 cm³/mol. The Bertz CT molecular complexity index is 614. The molecule has 0 radical (unpaired) electrons. The van der Waals surface area contributed by atoms with Crippen molar-refractivity contribution in [3.05, 3.63) is 29.3 Å². The molecular formula is C19H29N3O2. The van der Waals surface area contributed by atoms with E-state index in [9.17, 15) is 9.59 Å². The quantitative estimate of drug-likeness (QED) is 0.730. The van der Waals surface area contributed by atoms with E-state index in [1.54, 1.807) is 0 Å². The van der Waals surface area contributed by atoms with Crippen LogP contribution in [0.5, 0.6) is 0 Å². The molecule has 0 saturated carbocycles. The highest BCUT2D eigenvalue weighted by Gasteiger charge is 2.38. The molecule has 0 aliphatic carbocycles. The number of carbonyl (C=O) groups is 2. The number of nitrogens with one attached hydrogen (secondary N) is 3. The fourth-order valence-electron chi connectivity index (χ4n) is 3.86. The Morgan fingerprint density at radius 1 is 1.00 bits per heavy atom. The molecule has 5 nitrogen and oxygen atoms in total. The van der Waals surface area contributed by atoms with Crippen LogP contribution in [0.3, 0.4) is 0 Å². The summed E-state index contributed by atoms with van der Waals surface area (Å²) in [5.74, 6) is -1.18. The van der Waals surface area contributed by atoms with Crippen molar-refractivity contribution >= 4 is 17.5 Å². The van der Waals surface area contributed by atoms with E-state index in [1.165, 1.54) is 0 Å². The van der Waals surface area contributed by atoms with Crippen molar-refractivity contribution in [2.45, 2.75) is 71.5 Å². The summed E-state index contributed by atoms with van der Waals surface area (Å²) in [5, 5.41) is 9.21. The van der Waals surface area contributed by atoms with Crippen LogP contribution in [0, 0.1) is 13.8 Å². The minimum Gasteiger partial charge on any atom is -0.345 e. The lowest BCUT2D eigenvalue weighted by molar-refractivity contribution is -0.137. The molecule has 3 N–H and O–H groups in total. The average Bonchev–Trinajstić information content (AvgIpc) is 2.39. The first-order chi connectivity index (χ1) is 11.0. The van der Waals surface area contributed by atoms with E-state index in [-0.39, 0.29) is 17.1 Å². The molecule has 1 aromatic carbocycles. The second-order valence-electron chi connectivity index (χ2n) is 8.19. The largest absolute Gasteiger partial charge is 0.345 e. The minimum absolute atomic E-state index is 0.0209. The number of hydrogen-bond acceptors (Lipinski definition) is 3. The van der Waals surface area contributed by atoms with E-state index in [4.69, 9.17) is 0 Å². The molecule has 2 amide bonds. The van der Waals surface area contributed by atoms with Crippen LogP contribution >= 0.6 is 0 Å². The number of hydrogen-bond donors (Lipinski definition) is 3. The molecule has 5 heteroatoms. The zero-order valence-electron chi connectivity index (χ0n) is 15.5. The van der Waals surface area contributed by atoms with Gasteiger partial charge < -0.3 is 16.0 Å². The molecule has 1 aromatic rings. The lowest BCUT2D eigenvalue weighted by atomic mass is 9.79. The molecule has 1 heterocycles. The van der Waals surface area contributed by atoms with Gasteiger partial charge in [0.2, 0.25) is 0 Å². The summed E-state index contributed by atoms with van der Waals surface area (Å²) < 4.78 is 0. The highest BCUT2D eigenvalue weighted by molar-refractivity contribution is 6.39. The van der Waals surface area contributed by atoms with E-state index < -0.39 is 11.8 Å². The van der Waals surface area contributed by atoms with Gasteiger partial charge >= 0.3 is 11.8 Å². The zero-order valence-corrected chi connectivity index (χ0v) is 15.5. The second kappa shape index (κ2) is 6.55. The van der Waals surface area contributed by atoms with Crippen molar-refractivity contribution in [3.8, 4) is 0 Å². The molecule has 1 fully saturated rings. The number of aryl methyl sites for hydroxylation is 2. The molecule has 1 saturated heterocycles. The second-order valence-corrected chi connectivity index (χ2v) is 8.19. The van der Waals surface area contributed by atoms with E-state index in [2.05, 4.69) is 43.6 Å². The van der Waals surface area contributed by atoms with Crippen molar-refractivity contribution < 1.29 is 9.59 Å². The Morgan fingerprint density at radius 3 is 2.00 bits per heavy atom. The van der Waals surface area contributed by atoms with Crippen LogP contribution in [0.15, 0.2) is 18.2 Å². The third kappa shape index (κ3) is 4.57. The Kier molecular flexibility index (Phi) is 5.04. The van der Waals surface area contributed by atoms with Crippen LogP contribution in [-0.2, 0) is 9.59 Å². The van der Waals surface area contributed by atoms with E-state index in [0.29, 0.717) is 5.69 Å². The number of carbonyl (C=O) groups excluding carboxylic acids is 2. The van der Waals surface area contributed by atoms with Crippen LogP contribution in [-0.4, -0.2) is 28.9 Å². The summed E-state index contributed by atoms with van der Waals surface area (Å²) in [6.45, 7) is 12.3. The maximum Gasteiger partial charge on any atom is 0.313 e. The number of piperidine rings is 1. The van der Waals surface area contributed by atoms with Crippen molar-refractivity contribution in [1.82, 2.24) is 10.6 Å². The van der Waals surface area contributed by atoms with Gasteiger partial charge in [-0.1, -0.05) is 18.2 Å². The summed E-state index contributed by atoms with van der Waals surface area (Å²) in [6, 6.07) is 5.74. The number of benzene rings is 1. The highest BCUT2D eigenvalue weighted by atomic mass is 16.2. The summed E-state index contributed by atoms with van der Waals surface area (Å²) in [4.78, 5) is 24.6. The van der Waals surface area contributed by atoms with Gasteiger partial charge in [0.1, 0.15) is 0 Å². The maximum absolute atomic E-state index is 12.3. The topological polar surface area (TPSA) is 70.2 Å².